The maximum absolute atomic E-state index is 12.8. The molecule has 0 saturated carbocycles. The maximum atomic E-state index is 12.8. The fourth-order valence-electron chi connectivity index (χ4n) is 2.44. The van der Waals surface area contributed by atoms with Crippen molar-refractivity contribution in [2.24, 2.45) is 0 Å². The smallest absolute Gasteiger partial charge is 0.218 e. The van der Waals surface area contributed by atoms with Gasteiger partial charge in [-0.25, -0.2) is 16.8 Å². The predicted molar refractivity (Wildman–Crippen MR) is 87.8 cm³/mol. The molecule has 0 bridgehead atoms. The van der Waals surface area contributed by atoms with Crippen LogP contribution in [-0.2, 0) is 19.9 Å². The van der Waals surface area contributed by atoms with Crippen LogP contribution in [0.15, 0.2) is 34.1 Å². The second kappa shape index (κ2) is 6.09. The molecule has 0 saturated heterocycles. The van der Waals surface area contributed by atoms with Gasteiger partial charge in [-0.2, -0.15) is 9.19 Å². The first-order valence-electron chi connectivity index (χ1n) is 7.22. The fraction of sp³-hybridized carbons (Fsp3) is 0.400. The standard InChI is InChI=1S/C15H20N2O4S2/c1-5-10-22(18,19)17-13(4)15(12(3)16-17)23(20,21)14-8-6-11(2)7-9-14/h6-9H,5,10H2,1-4H3. The van der Waals surface area contributed by atoms with Crippen molar-refractivity contribution in [2.45, 2.75) is 43.9 Å². The van der Waals surface area contributed by atoms with Gasteiger partial charge in [0.25, 0.3) is 10.0 Å². The highest BCUT2D eigenvalue weighted by molar-refractivity contribution is 7.92. The molecule has 2 rings (SSSR count). The van der Waals surface area contributed by atoms with Crippen LogP contribution in [0.3, 0.4) is 0 Å². The molecule has 1 heterocycles. The van der Waals surface area contributed by atoms with Crippen molar-refractivity contribution in [1.29, 1.82) is 0 Å². The molecule has 0 spiro atoms. The summed E-state index contributed by atoms with van der Waals surface area (Å²) in [7, 11) is -7.47. The van der Waals surface area contributed by atoms with E-state index in [1.807, 2.05) is 6.92 Å². The van der Waals surface area contributed by atoms with Gasteiger partial charge < -0.3 is 0 Å². The molecule has 0 amide bonds. The first-order chi connectivity index (χ1) is 10.6. The van der Waals surface area contributed by atoms with Crippen LogP contribution < -0.4 is 0 Å². The summed E-state index contributed by atoms with van der Waals surface area (Å²) in [6.07, 6.45) is 0.431. The van der Waals surface area contributed by atoms with Gasteiger partial charge in [0.15, 0.2) is 0 Å². The van der Waals surface area contributed by atoms with E-state index >= 15 is 0 Å². The lowest BCUT2D eigenvalue weighted by molar-refractivity contribution is 0.576. The molecule has 0 atom stereocenters. The van der Waals surface area contributed by atoms with E-state index in [0.29, 0.717) is 6.42 Å². The maximum Gasteiger partial charge on any atom is 0.254 e. The Morgan fingerprint density at radius 2 is 1.57 bits per heavy atom. The Morgan fingerprint density at radius 1 is 1.00 bits per heavy atom. The molecule has 0 fully saturated rings. The average molecular weight is 356 g/mol. The number of benzene rings is 1. The van der Waals surface area contributed by atoms with E-state index < -0.39 is 19.9 Å². The predicted octanol–water partition coefficient (Wildman–Crippen LogP) is 2.23. The lowest BCUT2D eigenvalue weighted by Crippen LogP contribution is -2.19. The van der Waals surface area contributed by atoms with Gasteiger partial charge in [-0.1, -0.05) is 24.6 Å². The number of hydrogen-bond donors (Lipinski definition) is 0. The lowest BCUT2D eigenvalue weighted by atomic mass is 10.2. The van der Waals surface area contributed by atoms with Gasteiger partial charge in [0, 0.05) is 0 Å². The Bertz CT molecular complexity index is 925. The zero-order valence-corrected chi connectivity index (χ0v) is 15.2. The number of aromatic nitrogens is 2. The van der Waals surface area contributed by atoms with Crippen molar-refractivity contribution < 1.29 is 16.8 Å². The lowest BCUT2D eigenvalue weighted by Gasteiger charge is -2.07. The minimum Gasteiger partial charge on any atom is -0.218 e. The molecule has 0 N–H and O–H groups in total. The van der Waals surface area contributed by atoms with Crippen molar-refractivity contribution in [3.8, 4) is 0 Å². The molecular formula is C15H20N2O4S2. The van der Waals surface area contributed by atoms with Gasteiger partial charge >= 0.3 is 0 Å². The third-order valence-electron chi connectivity index (χ3n) is 3.51. The minimum atomic E-state index is -3.82. The van der Waals surface area contributed by atoms with Gasteiger partial charge in [-0.3, -0.25) is 0 Å². The summed E-state index contributed by atoms with van der Waals surface area (Å²) in [5.41, 5.74) is 1.25. The summed E-state index contributed by atoms with van der Waals surface area (Å²) in [5.74, 6) is -0.0843. The monoisotopic (exact) mass is 356 g/mol. The van der Waals surface area contributed by atoms with E-state index in [2.05, 4.69) is 5.10 Å². The van der Waals surface area contributed by atoms with Crippen LogP contribution in [0.5, 0.6) is 0 Å². The second-order valence-electron chi connectivity index (χ2n) is 5.48. The number of rotatable bonds is 5. The second-order valence-corrected chi connectivity index (χ2v) is 9.28. The van der Waals surface area contributed by atoms with E-state index in [9.17, 15) is 16.8 Å². The van der Waals surface area contributed by atoms with Crippen LogP contribution in [-0.4, -0.2) is 31.8 Å². The van der Waals surface area contributed by atoms with Gasteiger partial charge in [0.05, 0.1) is 22.0 Å². The highest BCUT2D eigenvalue weighted by atomic mass is 32.2. The molecule has 1 aromatic carbocycles. The molecular weight excluding hydrogens is 336 g/mol. The number of hydrogen-bond acceptors (Lipinski definition) is 5. The molecule has 1 aromatic heterocycles. The Labute approximate surface area is 137 Å². The topological polar surface area (TPSA) is 86.1 Å². The summed E-state index contributed by atoms with van der Waals surface area (Å²) in [4.78, 5) is 0.0859. The van der Waals surface area contributed by atoms with E-state index in [1.165, 1.54) is 26.0 Å². The Kier molecular flexibility index (Phi) is 4.68. The molecule has 8 heteroatoms. The molecule has 23 heavy (non-hydrogen) atoms. The van der Waals surface area contributed by atoms with Crippen LogP contribution in [0.1, 0.15) is 30.3 Å². The Morgan fingerprint density at radius 3 is 2.09 bits per heavy atom. The Balaban J connectivity index is 2.65. The number of sulfone groups is 1. The van der Waals surface area contributed by atoms with E-state index in [0.717, 1.165) is 9.65 Å². The molecule has 0 aliphatic heterocycles. The third-order valence-corrected chi connectivity index (χ3v) is 7.34. The van der Waals surface area contributed by atoms with Gasteiger partial charge in [-0.15, -0.1) is 0 Å². The number of nitrogens with zero attached hydrogens (tertiary/aromatic N) is 2. The van der Waals surface area contributed by atoms with E-state index in [1.54, 1.807) is 19.1 Å². The van der Waals surface area contributed by atoms with Crippen molar-refractivity contribution >= 4 is 19.9 Å². The first kappa shape index (κ1) is 17.7. The largest absolute Gasteiger partial charge is 0.254 e. The average Bonchev–Trinajstić information content (AvgIpc) is 2.75. The fourth-order valence-corrected chi connectivity index (χ4v) is 5.58. The summed E-state index contributed by atoms with van der Waals surface area (Å²) in [5, 5.41) is 3.96. The molecule has 0 unspecified atom stereocenters. The summed E-state index contributed by atoms with van der Waals surface area (Å²) in [6.45, 7) is 6.58. The van der Waals surface area contributed by atoms with E-state index in [-0.39, 0.29) is 26.9 Å². The summed E-state index contributed by atoms with van der Waals surface area (Å²) in [6, 6.07) is 6.44. The third kappa shape index (κ3) is 3.18. The molecule has 0 aliphatic carbocycles. The highest BCUT2D eigenvalue weighted by Crippen LogP contribution is 2.27. The van der Waals surface area contributed by atoms with Crippen molar-refractivity contribution in [2.75, 3.05) is 5.75 Å². The van der Waals surface area contributed by atoms with E-state index in [4.69, 9.17) is 0 Å². The normalized spacial score (nSPS) is 12.5. The molecule has 0 aliphatic rings. The molecule has 126 valence electrons. The van der Waals surface area contributed by atoms with Crippen LogP contribution in [0, 0.1) is 20.8 Å². The van der Waals surface area contributed by atoms with Crippen LogP contribution in [0.4, 0.5) is 0 Å². The first-order valence-corrected chi connectivity index (χ1v) is 10.3. The SMILES string of the molecule is CCCS(=O)(=O)n1nc(C)c(S(=O)(=O)c2ccc(C)cc2)c1C. The number of aryl methyl sites for hydroxylation is 2. The van der Waals surface area contributed by atoms with Crippen molar-refractivity contribution in [3.63, 3.8) is 0 Å². The zero-order valence-electron chi connectivity index (χ0n) is 13.6. The van der Waals surface area contributed by atoms with Gasteiger partial charge in [-0.05, 0) is 39.3 Å². The van der Waals surface area contributed by atoms with Gasteiger partial charge in [0.2, 0.25) is 9.84 Å². The van der Waals surface area contributed by atoms with Gasteiger partial charge in [0.1, 0.15) is 4.90 Å². The molecule has 0 radical (unpaired) electrons. The minimum absolute atomic E-state index is 0.0407. The Hall–Kier alpha value is -1.67. The van der Waals surface area contributed by atoms with Crippen molar-refractivity contribution in [1.82, 2.24) is 9.19 Å². The van der Waals surface area contributed by atoms with Crippen LogP contribution in [0.2, 0.25) is 0 Å². The van der Waals surface area contributed by atoms with Crippen LogP contribution >= 0.6 is 0 Å². The summed E-state index contributed by atoms with van der Waals surface area (Å²) < 4.78 is 51.0. The molecule has 6 nitrogen and oxygen atoms in total. The highest BCUT2D eigenvalue weighted by Gasteiger charge is 2.29. The zero-order chi connectivity index (χ0) is 17.4. The van der Waals surface area contributed by atoms with Crippen molar-refractivity contribution in [3.05, 3.63) is 41.2 Å². The summed E-state index contributed by atoms with van der Waals surface area (Å²) >= 11 is 0. The van der Waals surface area contributed by atoms with Crippen LogP contribution in [0.25, 0.3) is 0 Å². The molecule has 2 aromatic rings. The quantitative estimate of drug-likeness (QED) is 0.820.